The Balaban J connectivity index is 0.00000272. The van der Waals surface area contributed by atoms with E-state index in [1.165, 1.54) is 10.9 Å². The minimum Gasteiger partial charge on any atom is -1.00 e. The zero-order chi connectivity index (χ0) is 23.2. The van der Waals surface area contributed by atoms with Crippen LogP contribution in [-0.2, 0) is 31.6 Å². The summed E-state index contributed by atoms with van der Waals surface area (Å²) in [6, 6.07) is 0. The molecule has 1 aliphatic rings. The van der Waals surface area contributed by atoms with Gasteiger partial charge in [-0.2, -0.15) is 4.31 Å². The first-order chi connectivity index (χ1) is 14.2. The number of halogens is 1. The van der Waals surface area contributed by atoms with Crippen LogP contribution in [0.3, 0.4) is 0 Å². The zero-order valence-electron chi connectivity index (χ0n) is 16.0. The smallest absolute Gasteiger partial charge is 1.00 e. The van der Waals surface area contributed by atoms with Crippen LogP contribution >= 0.6 is 23.5 Å². The molecule has 7 N–H and O–H groups in total. The van der Waals surface area contributed by atoms with Gasteiger partial charge in [-0.05, 0) is 0 Å². The van der Waals surface area contributed by atoms with E-state index in [0.29, 0.717) is 0 Å². The molecule has 0 bridgehead atoms. The van der Waals surface area contributed by atoms with Crippen molar-refractivity contribution in [2.45, 2.75) is 24.5 Å². The molecule has 0 radical (unpaired) electrons. The van der Waals surface area contributed by atoms with Gasteiger partial charge >= 0.3 is 38.7 Å². The molecule has 2 aromatic heterocycles. The molecule has 0 aliphatic carbocycles. The molecule has 3 rings (SSSR count). The predicted octanol–water partition coefficient (Wildman–Crippen LogP) is -5.64. The molecule has 0 aromatic carbocycles. The van der Waals surface area contributed by atoms with Crippen molar-refractivity contribution in [2.24, 2.45) is 0 Å². The van der Waals surface area contributed by atoms with Gasteiger partial charge in [0.25, 0.3) is 7.82 Å². The van der Waals surface area contributed by atoms with E-state index in [1.54, 1.807) is 0 Å². The van der Waals surface area contributed by atoms with Gasteiger partial charge in [-0.3, -0.25) is 9.13 Å². The Morgan fingerprint density at radius 3 is 2.36 bits per heavy atom. The number of aliphatic hydroxyl groups excluding tert-OH is 2. The molecule has 3 heterocycles. The van der Waals surface area contributed by atoms with Crippen molar-refractivity contribution in [2.75, 3.05) is 12.3 Å². The number of anilines is 1. The average Bonchev–Trinajstić information content (AvgIpc) is 3.13. The summed E-state index contributed by atoms with van der Waals surface area (Å²) in [5.74, 6) is 0.0343. The molecule has 1 fully saturated rings. The number of ether oxygens (including phenoxy) is 1. The number of phosphoric ester groups is 1. The Kier molecular flexibility index (Phi) is 10.4. The minimum absolute atomic E-state index is 0. The molecule has 6 atom stereocenters. The first-order valence-electron chi connectivity index (χ1n) is 7.90. The number of imidazole rings is 1. The summed E-state index contributed by atoms with van der Waals surface area (Å²) in [5.41, 5.74) is 5.97. The average molecular weight is 566 g/mol. The van der Waals surface area contributed by atoms with Gasteiger partial charge in [-0.25, -0.2) is 28.4 Å². The van der Waals surface area contributed by atoms with Crippen molar-refractivity contribution in [1.82, 2.24) is 19.5 Å². The molecule has 0 saturated carbocycles. The third-order valence-corrected chi connectivity index (χ3v) is 7.58. The van der Waals surface area contributed by atoms with Gasteiger partial charge in [0.15, 0.2) is 17.7 Å². The molecule has 18 nitrogen and oxygen atoms in total. The van der Waals surface area contributed by atoms with Crippen molar-refractivity contribution in [1.29, 1.82) is 0 Å². The van der Waals surface area contributed by atoms with E-state index in [4.69, 9.17) is 25.2 Å². The largest absolute Gasteiger partial charge is 2.00 e. The minimum atomic E-state index is -5.76. The topological polar surface area (TPSA) is 282 Å². The fourth-order valence-corrected chi connectivity index (χ4v) is 5.61. The second-order valence-corrected chi connectivity index (χ2v) is 10.4. The summed E-state index contributed by atoms with van der Waals surface area (Å²) in [4.78, 5) is 49.3. The summed E-state index contributed by atoms with van der Waals surface area (Å²) in [5, 5.41) is 20.4. The van der Waals surface area contributed by atoms with Crippen LogP contribution in [0.25, 0.3) is 11.2 Å². The van der Waals surface area contributed by atoms with E-state index in [-0.39, 0.29) is 52.4 Å². The predicted molar refractivity (Wildman–Crippen MR) is 99.0 cm³/mol. The molecule has 182 valence electrons. The van der Waals surface area contributed by atoms with Gasteiger partial charge in [-0.1, -0.05) is 0 Å². The van der Waals surface area contributed by atoms with Crippen molar-refractivity contribution in [3.05, 3.63) is 12.7 Å². The third kappa shape index (κ3) is 7.59. The summed E-state index contributed by atoms with van der Waals surface area (Å²) < 4.78 is 51.4. The van der Waals surface area contributed by atoms with E-state index >= 15 is 0 Å². The third-order valence-electron chi connectivity index (χ3n) is 3.81. The number of aromatic nitrogens is 4. The standard InChI is InChI=1S/C10H16N5O13P3.ClH.Mg/c11-8-5-9(13-2-12-8)15(3-14-5)10-7(17)6(16)4(26-10)1-25-30(21,22)28-31(23,24)27-29(18,19)20;;/h2-4,6-7,10,16-17H,1H2,(H,21,22)(H,23,24)(H2,11,12,13)(H2,18,19,20);1H;/q;;+2/p-2/t4-,6-,7-,10-;;/m1../s1. The van der Waals surface area contributed by atoms with Crippen molar-refractivity contribution >= 4 is 63.5 Å². The van der Waals surface area contributed by atoms with Crippen LogP contribution in [0.2, 0.25) is 0 Å². The molecule has 33 heavy (non-hydrogen) atoms. The van der Waals surface area contributed by atoms with Gasteiger partial charge in [0.05, 0.1) is 12.9 Å². The summed E-state index contributed by atoms with van der Waals surface area (Å²) in [6.45, 7) is -1.02. The monoisotopic (exact) mass is 565 g/mol. The number of nitrogen functional groups attached to an aromatic ring is 1. The van der Waals surface area contributed by atoms with Crippen LogP contribution in [0, 0.1) is 0 Å². The number of nitrogens with two attached hydrogens (primary N) is 1. The summed E-state index contributed by atoms with van der Waals surface area (Å²) in [6.07, 6.45) is -3.82. The molecule has 0 amide bonds. The number of fused-ring (bicyclic) bond motifs is 1. The van der Waals surface area contributed by atoms with Crippen molar-refractivity contribution < 1.29 is 73.8 Å². The molecule has 1 saturated heterocycles. The Morgan fingerprint density at radius 2 is 1.76 bits per heavy atom. The van der Waals surface area contributed by atoms with Crippen molar-refractivity contribution in [3.8, 4) is 0 Å². The second-order valence-electron chi connectivity index (χ2n) is 5.99. The SMILES string of the molecule is Nc1ncnc2c1ncn2[C@@H]1O[C@H](COP(=O)([O-])OP(=O)(O)OP(=O)(O)O)[C@@H](O)[C@H]1O.[Cl-].[Mg+2]. The number of phosphoric acid groups is 3. The quantitative estimate of drug-likeness (QED) is 0.128. The van der Waals surface area contributed by atoms with Gasteiger partial charge in [0.1, 0.15) is 30.2 Å². The molecule has 0 spiro atoms. The number of rotatable bonds is 8. The molecule has 2 unspecified atom stereocenters. The van der Waals surface area contributed by atoms with Crippen molar-refractivity contribution in [3.63, 3.8) is 0 Å². The maximum Gasteiger partial charge on any atom is 2.00 e. The Hall–Kier alpha value is -0.304. The van der Waals surface area contributed by atoms with Crippen LogP contribution in [0.15, 0.2) is 12.7 Å². The summed E-state index contributed by atoms with van der Waals surface area (Å²) >= 11 is 0. The Bertz CT molecular complexity index is 1120. The van der Waals surface area contributed by atoms with Crippen LogP contribution < -0.4 is 23.0 Å². The van der Waals surface area contributed by atoms with E-state index in [0.717, 1.165) is 6.33 Å². The first-order valence-corrected chi connectivity index (χ1v) is 12.4. The Labute approximate surface area is 206 Å². The van der Waals surface area contributed by atoms with Crippen LogP contribution in [0.4, 0.5) is 5.82 Å². The second kappa shape index (κ2) is 11.2. The van der Waals surface area contributed by atoms with Crippen LogP contribution in [-0.4, -0.2) is 92.4 Å². The number of aliphatic hydroxyl groups is 2. The maximum atomic E-state index is 11.7. The van der Waals surface area contributed by atoms with Gasteiger partial charge in [0, 0.05) is 0 Å². The molecular formula is C10H15ClMgN5O13P3. The number of hydrogen-bond donors (Lipinski definition) is 6. The Morgan fingerprint density at radius 1 is 1.12 bits per heavy atom. The van der Waals surface area contributed by atoms with Crippen LogP contribution in [0.5, 0.6) is 0 Å². The van der Waals surface area contributed by atoms with Gasteiger partial charge in [0.2, 0.25) is 0 Å². The van der Waals surface area contributed by atoms with E-state index < -0.39 is 54.6 Å². The van der Waals surface area contributed by atoms with E-state index in [9.17, 15) is 28.8 Å². The zero-order valence-corrected chi connectivity index (χ0v) is 20.8. The maximum absolute atomic E-state index is 11.7. The van der Waals surface area contributed by atoms with E-state index in [2.05, 4.69) is 28.1 Å². The molecule has 23 heteroatoms. The van der Waals surface area contributed by atoms with E-state index in [1.807, 2.05) is 0 Å². The van der Waals surface area contributed by atoms with Gasteiger partial charge < -0.3 is 57.2 Å². The first kappa shape index (κ1) is 30.7. The normalized spacial score (nSPS) is 26.7. The van der Waals surface area contributed by atoms with Gasteiger partial charge in [-0.15, -0.1) is 0 Å². The number of hydrogen-bond acceptors (Lipinski definition) is 14. The van der Waals surface area contributed by atoms with Crippen LogP contribution in [0.1, 0.15) is 6.23 Å². The molecule has 2 aromatic rings. The molecular weight excluding hydrogens is 551 g/mol. The number of nitrogens with zero attached hydrogens (tertiary/aromatic N) is 4. The summed E-state index contributed by atoms with van der Waals surface area (Å²) in [7, 11) is -17.0. The molecule has 1 aliphatic heterocycles. The fourth-order valence-electron chi connectivity index (χ4n) is 2.62. The fraction of sp³-hybridized carbons (Fsp3) is 0.500.